The zero-order valence-electron chi connectivity index (χ0n) is 15.8. The van der Waals surface area contributed by atoms with Crippen molar-refractivity contribution in [2.45, 2.75) is 60.1 Å². The fourth-order valence-electron chi connectivity index (χ4n) is 2.67. The predicted molar refractivity (Wildman–Crippen MR) is 98.7 cm³/mol. The van der Waals surface area contributed by atoms with Crippen LogP contribution in [-0.2, 0) is 4.74 Å². The van der Waals surface area contributed by atoms with Crippen LogP contribution < -0.4 is 8.32 Å². The Balaban J connectivity index is 1.97. The van der Waals surface area contributed by atoms with Crippen molar-refractivity contribution in [1.82, 2.24) is 9.88 Å². The second kappa shape index (κ2) is 7.50. The molecule has 134 valence electrons. The first kappa shape index (κ1) is 19.3. The summed E-state index contributed by atoms with van der Waals surface area (Å²) in [6.07, 6.45) is 5.42. The Hall–Kier alpha value is -0.981. The fourth-order valence-corrected chi connectivity index (χ4v) is 5.63. The van der Waals surface area contributed by atoms with E-state index in [2.05, 4.69) is 25.9 Å². The Bertz CT molecular complexity index is 578. The molecule has 1 aromatic rings. The Kier molecular flexibility index (Phi) is 6.04. The van der Waals surface area contributed by atoms with Gasteiger partial charge in [-0.2, -0.15) is 0 Å². The molecule has 1 amide bonds. The normalized spacial score (nSPS) is 18.6. The molecule has 1 aliphatic heterocycles. The summed E-state index contributed by atoms with van der Waals surface area (Å²) in [5, 5.41) is 0. The van der Waals surface area contributed by atoms with Gasteiger partial charge in [-0.15, -0.1) is 0 Å². The van der Waals surface area contributed by atoms with E-state index in [1.54, 1.807) is 11.1 Å². The van der Waals surface area contributed by atoms with Crippen molar-refractivity contribution in [1.29, 1.82) is 0 Å². The third-order valence-electron chi connectivity index (χ3n) is 4.03. The summed E-state index contributed by atoms with van der Waals surface area (Å²) in [5.41, 5.74) is -0.469. The molecule has 0 spiro atoms. The van der Waals surface area contributed by atoms with Gasteiger partial charge >= 0.3 is 150 Å². The molecule has 0 N–H and O–H groups in total. The third kappa shape index (κ3) is 5.53. The number of likely N-dealkylation sites (tertiary alicyclic amines) is 1. The average molecular weight is 441 g/mol. The molecule has 2 rings (SSSR count). The van der Waals surface area contributed by atoms with E-state index < -0.39 is 24.0 Å². The van der Waals surface area contributed by atoms with E-state index in [1.807, 2.05) is 27.0 Å². The quantitative estimate of drug-likeness (QED) is 0.673. The first-order valence-corrected chi connectivity index (χ1v) is 18.6. The van der Waals surface area contributed by atoms with Gasteiger partial charge in [0.05, 0.1) is 0 Å². The van der Waals surface area contributed by atoms with Gasteiger partial charge in [0.25, 0.3) is 0 Å². The minimum absolute atomic E-state index is 0.0710. The van der Waals surface area contributed by atoms with E-state index in [0.29, 0.717) is 6.61 Å². The molecule has 0 aliphatic carbocycles. The van der Waals surface area contributed by atoms with Crippen molar-refractivity contribution in [2.75, 3.05) is 13.2 Å². The number of carbonyl (C=O) groups is 1. The van der Waals surface area contributed by atoms with Gasteiger partial charge in [-0.05, 0) is 0 Å². The number of aromatic nitrogens is 1. The molecule has 1 atom stereocenters. The topological polar surface area (TPSA) is 51.7 Å². The SMILES string of the molecule is CC(C)(C)OC(=O)N1CCC[C@H]1COc1cnc[c]([Sn]([CH3])([CH3])[CH3])c1. The molecule has 2 heterocycles. The van der Waals surface area contributed by atoms with Crippen molar-refractivity contribution in [3.8, 4) is 5.75 Å². The van der Waals surface area contributed by atoms with E-state index in [9.17, 15) is 4.79 Å². The molecule has 0 aromatic carbocycles. The van der Waals surface area contributed by atoms with Crippen LogP contribution in [0.5, 0.6) is 5.75 Å². The number of pyridine rings is 1. The molecule has 1 aromatic heterocycles. The first-order chi connectivity index (χ1) is 11.1. The van der Waals surface area contributed by atoms with Crippen LogP contribution in [0.4, 0.5) is 4.79 Å². The van der Waals surface area contributed by atoms with Gasteiger partial charge in [-0.3, -0.25) is 0 Å². The van der Waals surface area contributed by atoms with Crippen LogP contribution in [0.3, 0.4) is 0 Å². The molecule has 24 heavy (non-hydrogen) atoms. The van der Waals surface area contributed by atoms with Crippen molar-refractivity contribution in [3.05, 3.63) is 18.5 Å². The van der Waals surface area contributed by atoms with Crippen LogP contribution in [0.1, 0.15) is 33.6 Å². The van der Waals surface area contributed by atoms with E-state index in [0.717, 1.165) is 25.1 Å². The fraction of sp³-hybridized carbons (Fsp3) is 0.667. The molecular formula is C18H30N2O3Sn. The van der Waals surface area contributed by atoms with E-state index >= 15 is 0 Å². The van der Waals surface area contributed by atoms with Crippen LogP contribution >= 0.6 is 0 Å². The number of ether oxygens (including phenoxy) is 2. The molecule has 6 heteroatoms. The van der Waals surface area contributed by atoms with Gasteiger partial charge in [0, 0.05) is 0 Å². The second-order valence-corrected chi connectivity index (χ2v) is 22.9. The summed E-state index contributed by atoms with van der Waals surface area (Å²) in [6.45, 7) is 6.90. The number of rotatable bonds is 4. The Morgan fingerprint density at radius 2 is 2.04 bits per heavy atom. The Morgan fingerprint density at radius 3 is 2.67 bits per heavy atom. The van der Waals surface area contributed by atoms with Crippen LogP contribution in [0, 0.1) is 0 Å². The number of amides is 1. The summed E-state index contributed by atoms with van der Waals surface area (Å²) in [5.74, 6) is 0.801. The number of hydrogen-bond acceptors (Lipinski definition) is 4. The number of hydrogen-bond donors (Lipinski definition) is 0. The maximum absolute atomic E-state index is 12.3. The minimum atomic E-state index is -2.15. The van der Waals surface area contributed by atoms with Crippen molar-refractivity contribution >= 4 is 28.0 Å². The first-order valence-electron chi connectivity index (χ1n) is 8.64. The van der Waals surface area contributed by atoms with E-state index in [4.69, 9.17) is 9.47 Å². The van der Waals surface area contributed by atoms with E-state index in [-0.39, 0.29) is 12.1 Å². The van der Waals surface area contributed by atoms with Crippen LogP contribution in [-0.4, -0.2) is 59.1 Å². The molecule has 1 fully saturated rings. The average Bonchev–Trinajstić information content (AvgIpc) is 2.91. The van der Waals surface area contributed by atoms with Gasteiger partial charge in [-0.25, -0.2) is 0 Å². The monoisotopic (exact) mass is 442 g/mol. The van der Waals surface area contributed by atoms with Gasteiger partial charge in [-0.1, -0.05) is 0 Å². The van der Waals surface area contributed by atoms with Crippen LogP contribution in [0.25, 0.3) is 0 Å². The molecular weight excluding hydrogens is 411 g/mol. The Labute approximate surface area is 149 Å². The third-order valence-corrected chi connectivity index (χ3v) is 9.75. The van der Waals surface area contributed by atoms with E-state index in [1.165, 1.54) is 3.58 Å². The molecule has 5 nitrogen and oxygen atoms in total. The number of nitrogens with zero attached hydrogens (tertiary/aromatic N) is 2. The standard InChI is InChI=1S/C15H21N2O3.3CH3.Sn/c1-15(2,3)20-14(18)17-9-5-6-12(17)11-19-13-7-4-8-16-10-13;;;;/h7-8,10,12H,5-6,9,11H2,1-3H3;3*1H3;/t12-;;;;/m0..../s1. The molecule has 0 bridgehead atoms. The molecule has 0 unspecified atom stereocenters. The summed E-state index contributed by atoms with van der Waals surface area (Å²) >= 11 is -2.15. The van der Waals surface area contributed by atoms with Crippen LogP contribution in [0.2, 0.25) is 14.8 Å². The van der Waals surface area contributed by atoms with Crippen molar-refractivity contribution in [3.63, 3.8) is 0 Å². The van der Waals surface area contributed by atoms with Gasteiger partial charge < -0.3 is 0 Å². The molecule has 1 aliphatic rings. The summed E-state index contributed by atoms with van der Waals surface area (Å²) in [4.78, 5) is 25.5. The summed E-state index contributed by atoms with van der Waals surface area (Å²) in [7, 11) is 0. The zero-order valence-corrected chi connectivity index (χ0v) is 18.6. The second-order valence-electron chi connectivity index (χ2n) is 8.44. The Morgan fingerprint density at radius 1 is 1.33 bits per heavy atom. The number of carbonyl (C=O) groups excluding carboxylic acids is 1. The molecule has 0 radical (unpaired) electrons. The maximum atomic E-state index is 12.3. The van der Waals surface area contributed by atoms with Gasteiger partial charge in [0.15, 0.2) is 0 Å². The zero-order chi connectivity index (χ0) is 18.0. The summed E-state index contributed by atoms with van der Waals surface area (Å²) < 4.78 is 12.8. The predicted octanol–water partition coefficient (Wildman–Crippen LogP) is 3.41. The van der Waals surface area contributed by atoms with Crippen LogP contribution in [0.15, 0.2) is 18.5 Å². The summed E-state index contributed by atoms with van der Waals surface area (Å²) in [6, 6.07) is 2.19. The van der Waals surface area contributed by atoms with Crippen molar-refractivity contribution < 1.29 is 14.3 Å². The van der Waals surface area contributed by atoms with Gasteiger partial charge in [0.2, 0.25) is 0 Å². The van der Waals surface area contributed by atoms with Gasteiger partial charge in [0.1, 0.15) is 0 Å². The molecule has 1 saturated heterocycles. The van der Waals surface area contributed by atoms with Crippen molar-refractivity contribution in [2.24, 2.45) is 0 Å². The molecule has 0 saturated carbocycles.